The molecular formula is C25H20BrN3O3. The standard InChI is InChI=1S/C25H20BrN3O3/c1-15-4-3-5-16(2)23(15)28-22(30)14-29-13-20(24(31)17-8-10-27-11-9-17)25(32)19-12-18(26)6-7-21(19)29/h3-13H,14H2,1-2H3,(H,28,30). The second-order valence-electron chi connectivity index (χ2n) is 7.54. The Labute approximate surface area is 193 Å². The molecule has 32 heavy (non-hydrogen) atoms. The van der Waals surface area contributed by atoms with Crippen LogP contribution in [0.3, 0.4) is 0 Å². The van der Waals surface area contributed by atoms with E-state index in [9.17, 15) is 14.4 Å². The molecule has 2 aromatic heterocycles. The summed E-state index contributed by atoms with van der Waals surface area (Å²) in [6, 6.07) is 14.1. The normalized spacial score (nSPS) is 10.8. The molecule has 0 radical (unpaired) electrons. The van der Waals surface area contributed by atoms with Crippen molar-refractivity contribution in [3.8, 4) is 0 Å². The molecule has 1 N–H and O–H groups in total. The van der Waals surface area contributed by atoms with Crippen LogP contribution in [-0.4, -0.2) is 21.2 Å². The lowest BCUT2D eigenvalue weighted by Crippen LogP contribution is -2.24. The predicted octanol–water partition coefficient (Wildman–Crippen LogP) is 4.65. The Balaban J connectivity index is 1.78. The Hall–Kier alpha value is -3.58. The van der Waals surface area contributed by atoms with Crippen molar-refractivity contribution in [1.82, 2.24) is 9.55 Å². The number of pyridine rings is 2. The van der Waals surface area contributed by atoms with E-state index in [1.165, 1.54) is 18.6 Å². The Bertz CT molecular complexity index is 1390. The Kier molecular flexibility index (Phi) is 6.01. The van der Waals surface area contributed by atoms with Crippen molar-refractivity contribution >= 4 is 44.2 Å². The summed E-state index contributed by atoms with van der Waals surface area (Å²) < 4.78 is 2.35. The number of ketones is 1. The van der Waals surface area contributed by atoms with E-state index < -0.39 is 5.78 Å². The van der Waals surface area contributed by atoms with Gasteiger partial charge in [-0.2, -0.15) is 0 Å². The third kappa shape index (κ3) is 4.24. The van der Waals surface area contributed by atoms with Crippen LogP contribution in [0.5, 0.6) is 0 Å². The summed E-state index contributed by atoms with van der Waals surface area (Å²) >= 11 is 3.39. The van der Waals surface area contributed by atoms with Gasteiger partial charge in [0.25, 0.3) is 0 Å². The SMILES string of the molecule is Cc1cccc(C)c1NC(=O)Cn1cc(C(=O)c2ccncc2)c(=O)c2cc(Br)ccc21. The molecule has 0 saturated heterocycles. The van der Waals surface area contributed by atoms with E-state index in [1.807, 2.05) is 32.0 Å². The summed E-state index contributed by atoms with van der Waals surface area (Å²) in [5, 5.41) is 3.32. The van der Waals surface area contributed by atoms with Gasteiger partial charge in [-0.1, -0.05) is 34.1 Å². The summed E-state index contributed by atoms with van der Waals surface area (Å²) in [5.41, 5.74) is 3.23. The molecule has 0 atom stereocenters. The quantitative estimate of drug-likeness (QED) is 0.413. The van der Waals surface area contributed by atoms with Crippen LogP contribution in [-0.2, 0) is 11.3 Å². The fourth-order valence-electron chi connectivity index (χ4n) is 3.67. The molecule has 0 saturated carbocycles. The van der Waals surface area contributed by atoms with Crippen LogP contribution in [0.4, 0.5) is 5.69 Å². The molecule has 160 valence electrons. The first-order valence-electron chi connectivity index (χ1n) is 9.98. The minimum Gasteiger partial charge on any atom is -0.337 e. The number of carbonyl (C=O) groups is 2. The summed E-state index contributed by atoms with van der Waals surface area (Å²) in [4.78, 5) is 43.0. The fraction of sp³-hybridized carbons (Fsp3) is 0.120. The molecule has 0 spiro atoms. The largest absolute Gasteiger partial charge is 0.337 e. The number of aryl methyl sites for hydroxylation is 2. The molecule has 0 unspecified atom stereocenters. The number of nitrogens with zero attached hydrogens (tertiary/aromatic N) is 2. The zero-order valence-corrected chi connectivity index (χ0v) is 19.1. The van der Waals surface area contributed by atoms with Crippen LogP contribution in [0, 0.1) is 13.8 Å². The molecule has 4 aromatic rings. The van der Waals surface area contributed by atoms with Crippen molar-refractivity contribution in [2.45, 2.75) is 20.4 Å². The number of hydrogen-bond acceptors (Lipinski definition) is 4. The van der Waals surface area contributed by atoms with Crippen LogP contribution < -0.4 is 10.7 Å². The Morgan fingerprint density at radius 3 is 2.41 bits per heavy atom. The maximum absolute atomic E-state index is 13.1. The fourth-order valence-corrected chi connectivity index (χ4v) is 4.03. The second-order valence-corrected chi connectivity index (χ2v) is 8.46. The minimum atomic E-state index is -0.414. The molecule has 0 aliphatic rings. The highest BCUT2D eigenvalue weighted by Gasteiger charge is 2.19. The van der Waals surface area contributed by atoms with E-state index in [0.717, 1.165) is 16.8 Å². The molecule has 2 heterocycles. The van der Waals surface area contributed by atoms with E-state index in [-0.39, 0.29) is 23.4 Å². The van der Waals surface area contributed by atoms with Crippen molar-refractivity contribution in [3.63, 3.8) is 0 Å². The molecule has 0 bridgehead atoms. The number of amides is 1. The number of hydrogen-bond donors (Lipinski definition) is 1. The van der Waals surface area contributed by atoms with Gasteiger partial charge in [0, 0.05) is 39.7 Å². The van der Waals surface area contributed by atoms with Gasteiger partial charge in [-0.15, -0.1) is 0 Å². The van der Waals surface area contributed by atoms with Gasteiger partial charge in [0.2, 0.25) is 11.3 Å². The number of carbonyl (C=O) groups excluding carboxylic acids is 2. The van der Waals surface area contributed by atoms with Crippen molar-refractivity contribution in [1.29, 1.82) is 0 Å². The monoisotopic (exact) mass is 489 g/mol. The summed E-state index contributed by atoms with van der Waals surface area (Å²) in [5.74, 6) is -0.666. The van der Waals surface area contributed by atoms with Gasteiger partial charge in [0.05, 0.1) is 11.1 Å². The summed E-state index contributed by atoms with van der Waals surface area (Å²) in [6.45, 7) is 3.81. The number of fused-ring (bicyclic) bond motifs is 1. The average Bonchev–Trinajstić information content (AvgIpc) is 2.78. The van der Waals surface area contributed by atoms with Gasteiger partial charge in [0.15, 0.2) is 5.78 Å². The first kappa shape index (κ1) is 21.6. The van der Waals surface area contributed by atoms with E-state index >= 15 is 0 Å². The molecule has 1 amide bonds. The number of halogens is 1. The summed E-state index contributed by atoms with van der Waals surface area (Å²) in [7, 11) is 0. The topological polar surface area (TPSA) is 81.1 Å². The lowest BCUT2D eigenvalue weighted by atomic mass is 10.0. The number of anilines is 1. The van der Waals surface area contributed by atoms with E-state index in [1.54, 1.807) is 34.9 Å². The first-order valence-corrected chi connectivity index (χ1v) is 10.8. The van der Waals surface area contributed by atoms with Crippen molar-refractivity contribution < 1.29 is 9.59 Å². The highest BCUT2D eigenvalue weighted by Crippen LogP contribution is 2.21. The highest BCUT2D eigenvalue weighted by atomic mass is 79.9. The molecule has 0 aliphatic heterocycles. The zero-order chi connectivity index (χ0) is 22.8. The van der Waals surface area contributed by atoms with Crippen molar-refractivity contribution in [3.05, 3.63) is 104 Å². The first-order chi connectivity index (χ1) is 15.3. The van der Waals surface area contributed by atoms with Gasteiger partial charge in [-0.3, -0.25) is 19.4 Å². The zero-order valence-electron chi connectivity index (χ0n) is 17.6. The third-order valence-electron chi connectivity index (χ3n) is 5.29. The van der Waals surface area contributed by atoms with Gasteiger partial charge >= 0.3 is 0 Å². The highest BCUT2D eigenvalue weighted by molar-refractivity contribution is 9.10. The maximum Gasteiger partial charge on any atom is 0.244 e. The van der Waals surface area contributed by atoms with Crippen molar-refractivity contribution in [2.24, 2.45) is 0 Å². The molecule has 7 heteroatoms. The van der Waals surface area contributed by atoms with Crippen LogP contribution in [0.2, 0.25) is 0 Å². The summed E-state index contributed by atoms with van der Waals surface area (Å²) in [6.07, 6.45) is 4.47. The molecule has 0 aliphatic carbocycles. The van der Waals surface area contributed by atoms with Crippen LogP contribution in [0.1, 0.15) is 27.0 Å². The van der Waals surface area contributed by atoms with E-state index in [2.05, 4.69) is 26.2 Å². The second kappa shape index (κ2) is 8.88. The van der Waals surface area contributed by atoms with E-state index in [0.29, 0.717) is 20.9 Å². The van der Waals surface area contributed by atoms with Gasteiger partial charge in [-0.25, -0.2) is 0 Å². The minimum absolute atomic E-state index is 0.00155. The van der Waals surface area contributed by atoms with Crippen LogP contribution >= 0.6 is 15.9 Å². The predicted molar refractivity (Wildman–Crippen MR) is 128 cm³/mol. The number of benzene rings is 2. The average molecular weight is 490 g/mol. The smallest absolute Gasteiger partial charge is 0.244 e. The number of nitrogens with one attached hydrogen (secondary N) is 1. The molecule has 0 fully saturated rings. The van der Waals surface area contributed by atoms with Gasteiger partial charge in [-0.05, 0) is 55.3 Å². The molecule has 2 aromatic carbocycles. The van der Waals surface area contributed by atoms with Gasteiger partial charge in [0.1, 0.15) is 6.54 Å². The van der Waals surface area contributed by atoms with Crippen LogP contribution in [0.15, 0.2) is 76.4 Å². The molecule has 6 nitrogen and oxygen atoms in total. The lowest BCUT2D eigenvalue weighted by Gasteiger charge is -2.15. The number of para-hydroxylation sites is 1. The maximum atomic E-state index is 13.1. The third-order valence-corrected chi connectivity index (χ3v) is 5.78. The number of aromatic nitrogens is 2. The molecular weight excluding hydrogens is 470 g/mol. The lowest BCUT2D eigenvalue weighted by molar-refractivity contribution is -0.116. The Morgan fingerprint density at radius 1 is 1.03 bits per heavy atom. The number of rotatable bonds is 5. The van der Waals surface area contributed by atoms with Crippen molar-refractivity contribution in [2.75, 3.05) is 5.32 Å². The molecule has 4 rings (SSSR count). The van der Waals surface area contributed by atoms with Gasteiger partial charge < -0.3 is 9.88 Å². The Morgan fingerprint density at radius 2 is 1.72 bits per heavy atom. The van der Waals surface area contributed by atoms with Crippen LogP contribution in [0.25, 0.3) is 10.9 Å². The van der Waals surface area contributed by atoms with E-state index in [4.69, 9.17) is 0 Å².